The quantitative estimate of drug-likeness (QED) is 0.711. The van der Waals surface area contributed by atoms with E-state index in [-0.39, 0.29) is 11.9 Å². The zero-order chi connectivity index (χ0) is 17.9. The number of anilines is 1. The highest BCUT2D eigenvalue weighted by molar-refractivity contribution is 5.60. The highest BCUT2D eigenvalue weighted by Gasteiger charge is 2.30. The van der Waals surface area contributed by atoms with Gasteiger partial charge in [-0.15, -0.1) is 5.10 Å². The van der Waals surface area contributed by atoms with E-state index in [4.69, 9.17) is 4.74 Å². The van der Waals surface area contributed by atoms with E-state index in [0.29, 0.717) is 17.2 Å². The molecule has 132 valence electrons. The maximum atomic E-state index is 14.1. The van der Waals surface area contributed by atoms with Crippen LogP contribution in [0.4, 0.5) is 10.3 Å². The van der Waals surface area contributed by atoms with Crippen molar-refractivity contribution in [2.75, 3.05) is 18.6 Å². The van der Waals surface area contributed by atoms with Crippen LogP contribution in [0.2, 0.25) is 0 Å². The molecule has 6 heteroatoms. The van der Waals surface area contributed by atoms with Gasteiger partial charge in [0.15, 0.2) is 0 Å². The molecule has 0 radical (unpaired) electrons. The van der Waals surface area contributed by atoms with E-state index in [1.54, 1.807) is 25.3 Å². The third-order valence-corrected chi connectivity index (χ3v) is 4.71. The number of hydrogen-bond acceptors (Lipinski definition) is 5. The number of hydrogen-bond donors (Lipinski definition) is 0. The second-order valence-corrected chi connectivity index (χ2v) is 6.21. The van der Waals surface area contributed by atoms with Crippen LogP contribution in [0.25, 0.3) is 11.3 Å². The second-order valence-electron chi connectivity index (χ2n) is 6.21. The van der Waals surface area contributed by atoms with Gasteiger partial charge in [0.1, 0.15) is 11.6 Å². The van der Waals surface area contributed by atoms with Crippen molar-refractivity contribution in [3.8, 4) is 17.0 Å². The normalized spacial score (nSPS) is 16.7. The molecule has 5 nitrogen and oxygen atoms in total. The topological polar surface area (TPSA) is 51.1 Å². The van der Waals surface area contributed by atoms with Crippen molar-refractivity contribution in [3.63, 3.8) is 0 Å². The molecule has 2 aromatic carbocycles. The predicted octanol–water partition coefficient (Wildman–Crippen LogP) is 4.03. The van der Waals surface area contributed by atoms with Crippen molar-refractivity contribution in [1.29, 1.82) is 0 Å². The number of para-hydroxylation sites is 1. The molecule has 1 fully saturated rings. The molecular weight excluding hydrogens is 331 g/mol. The monoisotopic (exact) mass is 350 g/mol. The van der Waals surface area contributed by atoms with E-state index >= 15 is 0 Å². The summed E-state index contributed by atoms with van der Waals surface area (Å²) in [6, 6.07) is 14.7. The number of nitrogens with zero attached hydrogens (tertiary/aromatic N) is 4. The number of rotatable bonds is 4. The molecule has 0 saturated carbocycles. The molecule has 0 spiro atoms. The van der Waals surface area contributed by atoms with E-state index in [9.17, 15) is 4.39 Å². The van der Waals surface area contributed by atoms with Gasteiger partial charge in [-0.2, -0.15) is 5.10 Å². The Morgan fingerprint density at radius 2 is 1.92 bits per heavy atom. The van der Waals surface area contributed by atoms with Gasteiger partial charge in [0, 0.05) is 17.7 Å². The lowest BCUT2D eigenvalue weighted by Crippen LogP contribution is -2.25. The van der Waals surface area contributed by atoms with Crippen LogP contribution in [0, 0.1) is 5.82 Å². The second kappa shape index (κ2) is 7.07. The fourth-order valence-corrected chi connectivity index (χ4v) is 3.49. The van der Waals surface area contributed by atoms with Crippen LogP contribution in [0.5, 0.6) is 5.75 Å². The maximum Gasteiger partial charge on any atom is 0.246 e. The first-order valence-electron chi connectivity index (χ1n) is 8.62. The molecule has 1 aromatic heterocycles. The van der Waals surface area contributed by atoms with Gasteiger partial charge in [-0.25, -0.2) is 9.37 Å². The fourth-order valence-electron chi connectivity index (χ4n) is 3.49. The third kappa shape index (κ3) is 2.98. The van der Waals surface area contributed by atoms with Gasteiger partial charge in [0.25, 0.3) is 0 Å². The van der Waals surface area contributed by atoms with E-state index < -0.39 is 0 Å². The fraction of sp³-hybridized carbons (Fsp3) is 0.250. The molecular formula is C20H19FN4O. The van der Waals surface area contributed by atoms with Crippen LogP contribution in [0.1, 0.15) is 24.4 Å². The largest absolute Gasteiger partial charge is 0.496 e. The Labute approximate surface area is 151 Å². The summed E-state index contributed by atoms with van der Waals surface area (Å²) < 4.78 is 19.6. The smallest absolute Gasteiger partial charge is 0.246 e. The minimum atomic E-state index is -0.318. The summed E-state index contributed by atoms with van der Waals surface area (Å²) in [5.41, 5.74) is 2.02. The molecule has 0 amide bonds. The first-order chi connectivity index (χ1) is 12.8. The van der Waals surface area contributed by atoms with Crippen LogP contribution < -0.4 is 9.64 Å². The summed E-state index contributed by atoms with van der Waals surface area (Å²) in [4.78, 5) is 6.71. The summed E-state index contributed by atoms with van der Waals surface area (Å²) in [6.45, 7) is 0.825. The molecule has 1 unspecified atom stereocenters. The molecule has 1 atom stereocenters. The van der Waals surface area contributed by atoms with Crippen LogP contribution in [-0.2, 0) is 0 Å². The van der Waals surface area contributed by atoms with Gasteiger partial charge < -0.3 is 9.64 Å². The Hall–Kier alpha value is -3.02. The van der Waals surface area contributed by atoms with E-state index in [2.05, 4.69) is 26.1 Å². The molecule has 4 rings (SSSR count). The molecule has 0 aliphatic carbocycles. The maximum absolute atomic E-state index is 14.1. The molecule has 0 bridgehead atoms. The summed E-state index contributed by atoms with van der Waals surface area (Å²) in [6.07, 6.45) is 3.50. The van der Waals surface area contributed by atoms with Crippen LogP contribution in [0.15, 0.2) is 54.7 Å². The van der Waals surface area contributed by atoms with Gasteiger partial charge in [-0.1, -0.05) is 30.3 Å². The van der Waals surface area contributed by atoms with Gasteiger partial charge in [-0.3, -0.25) is 0 Å². The number of methoxy groups -OCH3 is 1. The molecule has 3 aromatic rings. The Morgan fingerprint density at radius 3 is 2.77 bits per heavy atom. The Morgan fingerprint density at radius 1 is 1.12 bits per heavy atom. The van der Waals surface area contributed by atoms with Crippen molar-refractivity contribution in [2.24, 2.45) is 0 Å². The molecule has 0 N–H and O–H groups in total. The average molecular weight is 350 g/mol. The predicted molar refractivity (Wildman–Crippen MR) is 97.5 cm³/mol. The van der Waals surface area contributed by atoms with E-state index in [0.717, 1.165) is 30.7 Å². The lowest BCUT2D eigenvalue weighted by molar-refractivity contribution is 0.405. The Bertz CT molecular complexity index is 918. The van der Waals surface area contributed by atoms with Gasteiger partial charge in [0.05, 0.1) is 25.0 Å². The van der Waals surface area contributed by atoms with Crippen molar-refractivity contribution >= 4 is 5.95 Å². The van der Waals surface area contributed by atoms with Crippen LogP contribution >= 0.6 is 0 Å². The lowest BCUT2D eigenvalue weighted by atomic mass is 10.0. The third-order valence-electron chi connectivity index (χ3n) is 4.71. The summed E-state index contributed by atoms with van der Waals surface area (Å²) in [5.74, 6) is 1.04. The minimum absolute atomic E-state index is 0.115. The number of benzene rings is 2. The molecule has 2 heterocycles. The van der Waals surface area contributed by atoms with Crippen molar-refractivity contribution in [1.82, 2.24) is 15.2 Å². The van der Waals surface area contributed by atoms with Crippen molar-refractivity contribution in [3.05, 3.63) is 66.1 Å². The van der Waals surface area contributed by atoms with Crippen molar-refractivity contribution in [2.45, 2.75) is 18.9 Å². The number of aromatic nitrogens is 3. The standard InChI is InChI=1S/C20H19FN4O/c1-26-19-11-5-3-8-15(19)18-10-6-12-25(18)20-23-17(13-22-24-20)14-7-2-4-9-16(14)21/h2-5,7-9,11,13,18H,6,10,12H2,1H3. The van der Waals surface area contributed by atoms with Crippen LogP contribution in [-0.4, -0.2) is 28.8 Å². The SMILES string of the molecule is COc1ccccc1C1CCCN1c1nncc(-c2ccccc2F)n1. The molecule has 1 saturated heterocycles. The minimum Gasteiger partial charge on any atom is -0.496 e. The summed E-state index contributed by atoms with van der Waals surface area (Å²) in [7, 11) is 1.68. The lowest BCUT2D eigenvalue weighted by Gasteiger charge is -2.26. The average Bonchev–Trinajstić information content (AvgIpc) is 3.18. The first-order valence-corrected chi connectivity index (χ1v) is 8.62. The van der Waals surface area contributed by atoms with Crippen molar-refractivity contribution < 1.29 is 9.13 Å². The molecule has 1 aliphatic heterocycles. The zero-order valence-electron chi connectivity index (χ0n) is 14.5. The molecule has 26 heavy (non-hydrogen) atoms. The van der Waals surface area contributed by atoms with Gasteiger partial charge in [0.2, 0.25) is 5.95 Å². The van der Waals surface area contributed by atoms with Gasteiger partial charge in [-0.05, 0) is 31.0 Å². The van der Waals surface area contributed by atoms with Gasteiger partial charge >= 0.3 is 0 Å². The number of halogens is 1. The highest BCUT2D eigenvalue weighted by atomic mass is 19.1. The number of ether oxygens (including phenoxy) is 1. The Balaban J connectivity index is 1.71. The highest BCUT2D eigenvalue weighted by Crippen LogP contribution is 2.38. The van der Waals surface area contributed by atoms with E-state index in [1.165, 1.54) is 12.3 Å². The molecule has 1 aliphatic rings. The summed E-state index contributed by atoms with van der Waals surface area (Å²) in [5, 5.41) is 8.27. The zero-order valence-corrected chi connectivity index (χ0v) is 14.5. The van der Waals surface area contributed by atoms with E-state index in [1.807, 2.05) is 18.2 Å². The first kappa shape index (κ1) is 16.4. The summed E-state index contributed by atoms with van der Waals surface area (Å²) >= 11 is 0. The van der Waals surface area contributed by atoms with Crippen LogP contribution in [0.3, 0.4) is 0 Å². The Kier molecular flexibility index (Phi) is 4.48.